The van der Waals surface area contributed by atoms with Crippen molar-refractivity contribution in [3.05, 3.63) is 0 Å². The van der Waals surface area contributed by atoms with Crippen LogP contribution in [0.25, 0.3) is 0 Å². The molecule has 17 heavy (non-hydrogen) atoms. The van der Waals surface area contributed by atoms with Crippen molar-refractivity contribution in [2.75, 3.05) is 19.6 Å². The Balaban J connectivity index is 4.10. The highest BCUT2D eigenvalue weighted by atomic mass is 15.1. The second-order valence-electron chi connectivity index (χ2n) is 7.37. The standard InChI is InChI=1S/C15H30N2/c1-14(2,3)8-12-17(11-7-10-16)13-9-15(4,5)6/h7-9,11-13H2,1-6H3. The smallest absolute Gasteiger partial charge is 0.0635 e. The van der Waals surface area contributed by atoms with Crippen LogP contribution in [0.5, 0.6) is 0 Å². The Kier molecular flexibility index (Phi) is 6.78. The Labute approximate surface area is 108 Å². The van der Waals surface area contributed by atoms with Gasteiger partial charge in [-0.15, -0.1) is 0 Å². The summed E-state index contributed by atoms with van der Waals surface area (Å²) in [5, 5.41) is 8.69. The van der Waals surface area contributed by atoms with E-state index < -0.39 is 0 Å². The molecular weight excluding hydrogens is 208 g/mol. The monoisotopic (exact) mass is 238 g/mol. The van der Waals surface area contributed by atoms with Gasteiger partial charge in [-0.3, -0.25) is 0 Å². The zero-order valence-electron chi connectivity index (χ0n) is 12.6. The molecule has 100 valence electrons. The lowest BCUT2D eigenvalue weighted by Gasteiger charge is -2.29. The van der Waals surface area contributed by atoms with E-state index in [1.165, 1.54) is 12.8 Å². The van der Waals surface area contributed by atoms with Gasteiger partial charge in [0.15, 0.2) is 0 Å². The second-order valence-corrected chi connectivity index (χ2v) is 7.37. The van der Waals surface area contributed by atoms with Gasteiger partial charge in [-0.05, 0) is 36.8 Å². The normalized spacial score (nSPS) is 12.8. The van der Waals surface area contributed by atoms with Crippen LogP contribution in [0.3, 0.4) is 0 Å². The van der Waals surface area contributed by atoms with Gasteiger partial charge in [-0.1, -0.05) is 41.5 Å². The van der Waals surface area contributed by atoms with Crippen LogP contribution in [0.1, 0.15) is 60.8 Å². The summed E-state index contributed by atoms with van der Waals surface area (Å²) in [7, 11) is 0. The van der Waals surface area contributed by atoms with Gasteiger partial charge in [0.1, 0.15) is 0 Å². The van der Waals surface area contributed by atoms with Crippen molar-refractivity contribution in [3.63, 3.8) is 0 Å². The molecule has 0 aromatic carbocycles. The van der Waals surface area contributed by atoms with Gasteiger partial charge in [-0.25, -0.2) is 0 Å². The van der Waals surface area contributed by atoms with E-state index >= 15 is 0 Å². The van der Waals surface area contributed by atoms with E-state index in [1.54, 1.807) is 0 Å². The first kappa shape index (κ1) is 16.4. The maximum Gasteiger partial charge on any atom is 0.0635 e. The van der Waals surface area contributed by atoms with Crippen molar-refractivity contribution < 1.29 is 0 Å². The first-order valence-corrected chi connectivity index (χ1v) is 6.73. The highest BCUT2D eigenvalue weighted by Gasteiger charge is 2.16. The minimum atomic E-state index is 0.382. The molecule has 2 heteroatoms. The lowest BCUT2D eigenvalue weighted by molar-refractivity contribution is 0.202. The second kappa shape index (κ2) is 7.01. The molecule has 0 saturated carbocycles. The maximum atomic E-state index is 8.69. The summed E-state index contributed by atoms with van der Waals surface area (Å²) < 4.78 is 0. The molecule has 0 radical (unpaired) electrons. The summed E-state index contributed by atoms with van der Waals surface area (Å²) in [4.78, 5) is 2.44. The predicted molar refractivity (Wildman–Crippen MR) is 74.8 cm³/mol. The van der Waals surface area contributed by atoms with Crippen LogP contribution in [-0.2, 0) is 0 Å². The zero-order chi connectivity index (χ0) is 13.5. The molecule has 0 aliphatic rings. The SMILES string of the molecule is CC(C)(C)CCN(CCC#N)CCC(C)(C)C. The van der Waals surface area contributed by atoms with Crippen LogP contribution in [0.2, 0.25) is 0 Å². The van der Waals surface area contributed by atoms with E-state index in [0.717, 1.165) is 19.6 Å². The Hall–Kier alpha value is -0.550. The fourth-order valence-corrected chi connectivity index (χ4v) is 1.53. The molecule has 0 amide bonds. The van der Waals surface area contributed by atoms with Crippen molar-refractivity contribution in [3.8, 4) is 6.07 Å². The topological polar surface area (TPSA) is 27.0 Å². The fraction of sp³-hybridized carbons (Fsp3) is 0.933. The summed E-state index contributed by atoms with van der Waals surface area (Å²) in [6.07, 6.45) is 3.04. The van der Waals surface area contributed by atoms with Gasteiger partial charge in [-0.2, -0.15) is 5.26 Å². The van der Waals surface area contributed by atoms with Crippen LogP contribution in [-0.4, -0.2) is 24.5 Å². The van der Waals surface area contributed by atoms with Crippen molar-refractivity contribution >= 4 is 0 Å². The van der Waals surface area contributed by atoms with Crippen molar-refractivity contribution in [1.82, 2.24) is 4.90 Å². The number of nitrogens with zero attached hydrogens (tertiary/aromatic N) is 2. The van der Waals surface area contributed by atoms with Gasteiger partial charge in [0.2, 0.25) is 0 Å². The third-order valence-electron chi connectivity index (χ3n) is 2.90. The van der Waals surface area contributed by atoms with Gasteiger partial charge in [0, 0.05) is 13.0 Å². The first-order valence-electron chi connectivity index (χ1n) is 6.73. The van der Waals surface area contributed by atoms with E-state index in [-0.39, 0.29) is 0 Å². The Bertz CT molecular complexity index is 219. The van der Waals surface area contributed by atoms with Gasteiger partial charge < -0.3 is 4.90 Å². The minimum Gasteiger partial charge on any atom is -0.302 e. The molecule has 0 bridgehead atoms. The van der Waals surface area contributed by atoms with E-state index in [2.05, 4.69) is 52.5 Å². The van der Waals surface area contributed by atoms with Crippen LogP contribution in [0, 0.1) is 22.2 Å². The molecule has 0 aliphatic heterocycles. The Morgan fingerprint density at radius 3 is 1.53 bits per heavy atom. The predicted octanol–water partition coefficient (Wildman–Crippen LogP) is 4.07. The van der Waals surface area contributed by atoms with Crippen molar-refractivity contribution in [2.45, 2.75) is 60.8 Å². The largest absolute Gasteiger partial charge is 0.302 e. The van der Waals surface area contributed by atoms with Crippen LogP contribution in [0.4, 0.5) is 0 Å². The molecule has 0 unspecified atom stereocenters. The third-order valence-corrected chi connectivity index (χ3v) is 2.90. The van der Waals surface area contributed by atoms with Gasteiger partial charge >= 0.3 is 0 Å². The van der Waals surface area contributed by atoms with Gasteiger partial charge in [0.05, 0.1) is 6.07 Å². The summed E-state index contributed by atoms with van der Waals surface area (Å²) in [6, 6.07) is 2.25. The Morgan fingerprint density at radius 2 is 1.24 bits per heavy atom. The molecule has 0 saturated heterocycles. The van der Waals surface area contributed by atoms with Crippen LogP contribution in [0.15, 0.2) is 0 Å². The maximum absolute atomic E-state index is 8.69. The number of hydrogen-bond acceptors (Lipinski definition) is 2. The summed E-state index contributed by atoms with van der Waals surface area (Å²) in [5.74, 6) is 0. The molecule has 0 N–H and O–H groups in total. The lowest BCUT2D eigenvalue weighted by atomic mass is 9.90. The van der Waals surface area contributed by atoms with E-state index in [9.17, 15) is 0 Å². The van der Waals surface area contributed by atoms with Crippen LogP contribution >= 0.6 is 0 Å². The lowest BCUT2D eigenvalue weighted by Crippen LogP contribution is -2.31. The molecule has 0 heterocycles. The third kappa shape index (κ3) is 11.7. The Morgan fingerprint density at radius 1 is 0.824 bits per heavy atom. The average Bonchev–Trinajstić information content (AvgIpc) is 2.13. The molecular formula is C15H30N2. The van der Waals surface area contributed by atoms with Crippen molar-refractivity contribution in [1.29, 1.82) is 5.26 Å². The van der Waals surface area contributed by atoms with E-state index in [1.807, 2.05) is 0 Å². The molecule has 0 fully saturated rings. The quantitative estimate of drug-likeness (QED) is 0.697. The fourth-order valence-electron chi connectivity index (χ4n) is 1.53. The summed E-state index contributed by atoms with van der Waals surface area (Å²) in [6.45, 7) is 16.8. The minimum absolute atomic E-state index is 0.382. The number of rotatable bonds is 6. The average molecular weight is 238 g/mol. The zero-order valence-corrected chi connectivity index (χ0v) is 12.6. The van der Waals surface area contributed by atoms with E-state index in [4.69, 9.17) is 5.26 Å². The molecule has 0 spiro atoms. The molecule has 0 atom stereocenters. The molecule has 0 aromatic rings. The molecule has 0 aliphatic carbocycles. The highest BCUT2D eigenvalue weighted by Crippen LogP contribution is 2.21. The first-order chi connectivity index (χ1) is 7.64. The molecule has 2 nitrogen and oxygen atoms in total. The highest BCUT2D eigenvalue weighted by molar-refractivity contribution is 4.75. The molecule has 0 rings (SSSR count). The molecule has 0 aromatic heterocycles. The van der Waals surface area contributed by atoms with E-state index in [0.29, 0.717) is 17.3 Å². The van der Waals surface area contributed by atoms with Crippen molar-refractivity contribution in [2.24, 2.45) is 10.8 Å². The van der Waals surface area contributed by atoms with Crippen LogP contribution < -0.4 is 0 Å². The van der Waals surface area contributed by atoms with Gasteiger partial charge in [0.25, 0.3) is 0 Å². The summed E-state index contributed by atoms with van der Waals surface area (Å²) in [5.41, 5.74) is 0.763. The number of hydrogen-bond donors (Lipinski definition) is 0. The summed E-state index contributed by atoms with van der Waals surface area (Å²) >= 11 is 0. The number of nitriles is 1.